The fourth-order valence-corrected chi connectivity index (χ4v) is 4.92. The van der Waals surface area contributed by atoms with Gasteiger partial charge in [0, 0.05) is 25.2 Å². The third-order valence-corrected chi connectivity index (χ3v) is 5.81. The van der Waals surface area contributed by atoms with Crippen LogP contribution in [0, 0.1) is 17.8 Å². The van der Waals surface area contributed by atoms with Gasteiger partial charge in [-0.15, -0.1) is 0 Å². The second kappa shape index (κ2) is 5.71. The average molecular weight is 266 g/mol. The standard InChI is InChI=1S/C16H30N2O/c1-3-6-18-10-14-13-4-7-17(8-5-13)16(14)15(18)9-12(2)11-19/h12-16,19H,3-11H2,1-2H3. The summed E-state index contributed by atoms with van der Waals surface area (Å²) in [4.78, 5) is 5.52. The number of aliphatic hydroxyl groups excluding tert-OH is 1. The lowest BCUT2D eigenvalue weighted by Crippen LogP contribution is -2.57. The van der Waals surface area contributed by atoms with Crippen molar-refractivity contribution in [3.63, 3.8) is 0 Å². The molecule has 3 nitrogen and oxygen atoms in total. The molecule has 4 aliphatic rings. The van der Waals surface area contributed by atoms with Gasteiger partial charge in [0.1, 0.15) is 0 Å². The highest BCUT2D eigenvalue weighted by Crippen LogP contribution is 2.45. The Hall–Kier alpha value is -0.120. The zero-order valence-electron chi connectivity index (χ0n) is 12.6. The summed E-state index contributed by atoms with van der Waals surface area (Å²) >= 11 is 0. The van der Waals surface area contributed by atoms with Crippen LogP contribution in [0.15, 0.2) is 0 Å². The average Bonchev–Trinajstić information content (AvgIpc) is 2.81. The SMILES string of the molecule is CCCN1CC2C3CCN(CC3)C2C1CC(C)CO. The highest BCUT2D eigenvalue weighted by molar-refractivity contribution is 5.06. The van der Waals surface area contributed by atoms with Gasteiger partial charge in [-0.25, -0.2) is 0 Å². The lowest BCUT2D eigenvalue weighted by Gasteiger charge is -2.50. The number of aliphatic hydroxyl groups is 1. The van der Waals surface area contributed by atoms with Crippen molar-refractivity contribution in [1.82, 2.24) is 9.80 Å². The summed E-state index contributed by atoms with van der Waals surface area (Å²) in [7, 11) is 0. The van der Waals surface area contributed by atoms with Crippen LogP contribution in [-0.2, 0) is 0 Å². The summed E-state index contributed by atoms with van der Waals surface area (Å²) < 4.78 is 0. The quantitative estimate of drug-likeness (QED) is 0.822. The molecule has 4 rings (SSSR count). The van der Waals surface area contributed by atoms with Crippen LogP contribution >= 0.6 is 0 Å². The van der Waals surface area contributed by atoms with E-state index in [9.17, 15) is 5.11 Å². The minimum atomic E-state index is 0.345. The Morgan fingerprint density at radius 3 is 2.63 bits per heavy atom. The number of likely N-dealkylation sites (tertiary alicyclic amines) is 1. The molecule has 0 saturated carbocycles. The lowest BCUT2D eigenvalue weighted by atomic mass is 9.73. The van der Waals surface area contributed by atoms with Crippen LogP contribution in [0.25, 0.3) is 0 Å². The molecule has 0 aromatic rings. The van der Waals surface area contributed by atoms with E-state index in [2.05, 4.69) is 23.6 Å². The molecule has 4 atom stereocenters. The molecule has 4 aliphatic heterocycles. The molecule has 0 aromatic carbocycles. The van der Waals surface area contributed by atoms with Crippen LogP contribution in [0.2, 0.25) is 0 Å². The number of rotatable bonds is 5. The summed E-state index contributed by atoms with van der Waals surface area (Å²) in [6.45, 7) is 10.1. The van der Waals surface area contributed by atoms with E-state index in [-0.39, 0.29) is 0 Å². The first kappa shape index (κ1) is 13.8. The summed E-state index contributed by atoms with van der Waals surface area (Å²) in [6, 6.07) is 1.50. The van der Waals surface area contributed by atoms with Crippen LogP contribution < -0.4 is 0 Å². The molecule has 110 valence electrons. The van der Waals surface area contributed by atoms with Crippen LogP contribution in [0.1, 0.15) is 39.5 Å². The lowest BCUT2D eigenvalue weighted by molar-refractivity contribution is -0.00104. The summed E-state index contributed by atoms with van der Waals surface area (Å²) in [5.41, 5.74) is 0. The highest BCUT2D eigenvalue weighted by atomic mass is 16.3. The smallest absolute Gasteiger partial charge is 0.0457 e. The Labute approximate surface area is 118 Å². The van der Waals surface area contributed by atoms with Crippen LogP contribution in [-0.4, -0.2) is 59.8 Å². The second-order valence-corrected chi connectivity index (χ2v) is 7.11. The number of hydrogen-bond donors (Lipinski definition) is 1. The molecule has 0 amide bonds. The van der Waals surface area contributed by atoms with Crippen molar-refractivity contribution in [3.05, 3.63) is 0 Å². The second-order valence-electron chi connectivity index (χ2n) is 7.11. The Kier molecular flexibility index (Phi) is 4.16. The van der Waals surface area contributed by atoms with Gasteiger partial charge in [-0.05, 0) is 63.1 Å². The molecule has 19 heavy (non-hydrogen) atoms. The molecule has 1 N–H and O–H groups in total. The Morgan fingerprint density at radius 2 is 2.00 bits per heavy atom. The van der Waals surface area contributed by atoms with E-state index in [1.165, 1.54) is 51.9 Å². The first-order valence-corrected chi connectivity index (χ1v) is 8.33. The molecular formula is C16H30N2O. The van der Waals surface area contributed by atoms with Crippen LogP contribution in [0.3, 0.4) is 0 Å². The van der Waals surface area contributed by atoms with E-state index < -0.39 is 0 Å². The monoisotopic (exact) mass is 266 g/mol. The predicted octanol–water partition coefficient (Wildman–Crippen LogP) is 1.81. The topological polar surface area (TPSA) is 26.7 Å². The van der Waals surface area contributed by atoms with E-state index in [0.717, 1.165) is 17.9 Å². The third-order valence-electron chi connectivity index (χ3n) is 5.81. The fraction of sp³-hybridized carbons (Fsp3) is 1.00. The van der Waals surface area contributed by atoms with Crippen molar-refractivity contribution in [2.24, 2.45) is 17.8 Å². The Bertz CT molecular complexity index is 301. The normalized spacial score (nSPS) is 43.4. The van der Waals surface area contributed by atoms with Gasteiger partial charge in [-0.3, -0.25) is 9.80 Å². The molecule has 4 unspecified atom stereocenters. The van der Waals surface area contributed by atoms with Crippen molar-refractivity contribution in [3.8, 4) is 0 Å². The zero-order valence-corrected chi connectivity index (χ0v) is 12.6. The predicted molar refractivity (Wildman–Crippen MR) is 78.1 cm³/mol. The number of nitrogens with zero attached hydrogens (tertiary/aromatic N) is 2. The molecule has 0 radical (unpaired) electrons. The third kappa shape index (κ3) is 2.45. The molecule has 4 saturated heterocycles. The fourth-order valence-electron chi connectivity index (χ4n) is 4.92. The van der Waals surface area contributed by atoms with Crippen molar-refractivity contribution in [2.45, 2.75) is 51.6 Å². The summed E-state index contributed by atoms with van der Waals surface area (Å²) in [5.74, 6) is 2.36. The summed E-state index contributed by atoms with van der Waals surface area (Å²) in [5, 5.41) is 9.41. The first-order valence-electron chi connectivity index (χ1n) is 8.33. The molecule has 4 fully saturated rings. The molecule has 2 bridgehead atoms. The summed E-state index contributed by atoms with van der Waals surface area (Å²) in [6.07, 6.45) is 5.31. The van der Waals surface area contributed by atoms with Crippen molar-refractivity contribution in [2.75, 3.05) is 32.8 Å². The van der Waals surface area contributed by atoms with Gasteiger partial charge in [-0.2, -0.15) is 0 Å². The van der Waals surface area contributed by atoms with Gasteiger partial charge in [0.15, 0.2) is 0 Å². The molecule has 4 heterocycles. The Balaban J connectivity index is 1.77. The molecule has 3 heteroatoms. The molecule has 0 aliphatic carbocycles. The van der Waals surface area contributed by atoms with Crippen molar-refractivity contribution in [1.29, 1.82) is 0 Å². The highest BCUT2D eigenvalue weighted by Gasteiger charge is 2.51. The van der Waals surface area contributed by atoms with E-state index >= 15 is 0 Å². The van der Waals surface area contributed by atoms with Gasteiger partial charge < -0.3 is 5.11 Å². The van der Waals surface area contributed by atoms with Gasteiger partial charge in [-0.1, -0.05) is 13.8 Å². The minimum absolute atomic E-state index is 0.345. The van der Waals surface area contributed by atoms with E-state index in [1.807, 2.05) is 0 Å². The first-order chi connectivity index (χ1) is 9.24. The molecular weight excluding hydrogens is 236 g/mol. The maximum Gasteiger partial charge on any atom is 0.0457 e. The maximum absolute atomic E-state index is 9.41. The van der Waals surface area contributed by atoms with E-state index in [1.54, 1.807) is 0 Å². The number of piperidine rings is 3. The minimum Gasteiger partial charge on any atom is -0.396 e. The van der Waals surface area contributed by atoms with Gasteiger partial charge >= 0.3 is 0 Å². The largest absolute Gasteiger partial charge is 0.396 e. The van der Waals surface area contributed by atoms with Crippen LogP contribution in [0.4, 0.5) is 0 Å². The zero-order chi connectivity index (χ0) is 13.4. The van der Waals surface area contributed by atoms with Gasteiger partial charge in [0.05, 0.1) is 0 Å². The number of fused-ring (bicyclic) bond motifs is 2. The van der Waals surface area contributed by atoms with Crippen molar-refractivity contribution < 1.29 is 5.11 Å². The van der Waals surface area contributed by atoms with Crippen LogP contribution in [0.5, 0.6) is 0 Å². The maximum atomic E-state index is 9.41. The molecule has 0 aromatic heterocycles. The Morgan fingerprint density at radius 1 is 1.26 bits per heavy atom. The van der Waals surface area contributed by atoms with Crippen molar-refractivity contribution >= 4 is 0 Å². The molecule has 0 spiro atoms. The van der Waals surface area contributed by atoms with Gasteiger partial charge in [0.2, 0.25) is 0 Å². The van der Waals surface area contributed by atoms with E-state index in [4.69, 9.17) is 0 Å². The number of hydrogen-bond acceptors (Lipinski definition) is 3. The van der Waals surface area contributed by atoms with E-state index in [0.29, 0.717) is 18.6 Å². The van der Waals surface area contributed by atoms with Gasteiger partial charge in [0.25, 0.3) is 0 Å².